The average Bonchev–Trinajstić information content (AvgIpc) is 2.43. The van der Waals surface area contributed by atoms with E-state index in [4.69, 9.17) is 0 Å². The predicted molar refractivity (Wildman–Crippen MR) is 84.0 cm³/mol. The van der Waals surface area contributed by atoms with Crippen LogP contribution in [0.15, 0.2) is 24.3 Å². The molecular weight excluding hydrogens is 248 g/mol. The van der Waals surface area contributed by atoms with E-state index in [0.29, 0.717) is 12.0 Å². The second-order valence-electron chi connectivity index (χ2n) is 6.43. The van der Waals surface area contributed by atoms with Crippen LogP contribution in [0.3, 0.4) is 0 Å². The zero-order valence-corrected chi connectivity index (χ0v) is 13.2. The van der Waals surface area contributed by atoms with Gasteiger partial charge in [0, 0.05) is 32.2 Å². The molecule has 1 N–H and O–H groups in total. The van der Waals surface area contributed by atoms with Gasteiger partial charge in [0.15, 0.2) is 0 Å². The largest absolute Gasteiger partial charge is 0.387 e. The Labute approximate surface area is 123 Å². The number of aliphatic hydroxyl groups excluding tert-OH is 1. The van der Waals surface area contributed by atoms with Gasteiger partial charge in [-0.2, -0.15) is 0 Å². The fourth-order valence-corrected chi connectivity index (χ4v) is 2.74. The summed E-state index contributed by atoms with van der Waals surface area (Å²) < 4.78 is 0. The summed E-state index contributed by atoms with van der Waals surface area (Å²) >= 11 is 0. The Hall–Kier alpha value is -0.900. The van der Waals surface area contributed by atoms with Crippen molar-refractivity contribution in [3.8, 4) is 0 Å². The fraction of sp³-hybridized carbons (Fsp3) is 0.647. The van der Waals surface area contributed by atoms with Crippen molar-refractivity contribution in [1.82, 2.24) is 9.80 Å². The van der Waals surface area contributed by atoms with E-state index in [2.05, 4.69) is 61.9 Å². The van der Waals surface area contributed by atoms with E-state index >= 15 is 0 Å². The Bertz CT molecular complexity index is 416. The van der Waals surface area contributed by atoms with Crippen molar-refractivity contribution in [2.45, 2.75) is 38.8 Å². The highest BCUT2D eigenvalue weighted by molar-refractivity contribution is 5.26. The van der Waals surface area contributed by atoms with Gasteiger partial charge in [0.25, 0.3) is 0 Å². The summed E-state index contributed by atoms with van der Waals surface area (Å²) in [5.41, 5.74) is 2.36. The van der Waals surface area contributed by atoms with E-state index in [0.717, 1.165) is 31.7 Å². The number of rotatable bonds is 4. The Balaban J connectivity index is 1.92. The van der Waals surface area contributed by atoms with Crippen LogP contribution >= 0.6 is 0 Å². The molecule has 3 nitrogen and oxygen atoms in total. The number of nitrogens with zero attached hydrogens (tertiary/aromatic N) is 2. The lowest BCUT2D eigenvalue weighted by atomic mass is 9.99. The Morgan fingerprint density at radius 1 is 1.15 bits per heavy atom. The lowest BCUT2D eigenvalue weighted by Gasteiger charge is -2.38. The second-order valence-corrected chi connectivity index (χ2v) is 6.43. The molecule has 0 saturated carbocycles. The molecule has 1 heterocycles. The van der Waals surface area contributed by atoms with Crippen LogP contribution in [0.1, 0.15) is 43.9 Å². The van der Waals surface area contributed by atoms with Crippen LogP contribution in [-0.2, 0) is 0 Å². The van der Waals surface area contributed by atoms with Gasteiger partial charge in [0.1, 0.15) is 0 Å². The van der Waals surface area contributed by atoms with Gasteiger partial charge >= 0.3 is 0 Å². The minimum absolute atomic E-state index is 0.383. The molecule has 3 heteroatoms. The maximum absolute atomic E-state index is 10.4. The number of benzene rings is 1. The highest BCUT2D eigenvalue weighted by Crippen LogP contribution is 2.20. The molecule has 112 valence electrons. The first kappa shape index (κ1) is 15.5. The van der Waals surface area contributed by atoms with E-state index < -0.39 is 0 Å². The van der Waals surface area contributed by atoms with Gasteiger partial charge in [-0.1, -0.05) is 38.1 Å². The SMILES string of the molecule is CC(C)c1ccc(C(O)CN2CCN(C)C(C)C2)cc1. The van der Waals surface area contributed by atoms with Gasteiger partial charge in [-0.15, -0.1) is 0 Å². The van der Waals surface area contributed by atoms with Crippen LogP contribution in [0, 0.1) is 0 Å². The Morgan fingerprint density at radius 3 is 2.30 bits per heavy atom. The first-order chi connectivity index (χ1) is 9.47. The molecule has 2 atom stereocenters. The Morgan fingerprint density at radius 2 is 1.75 bits per heavy atom. The van der Waals surface area contributed by atoms with Crippen molar-refractivity contribution in [3.05, 3.63) is 35.4 Å². The molecule has 1 aromatic rings. The first-order valence-electron chi connectivity index (χ1n) is 7.68. The number of aliphatic hydroxyl groups is 1. The number of piperazine rings is 1. The van der Waals surface area contributed by atoms with Gasteiger partial charge in [0.05, 0.1) is 6.10 Å². The molecule has 2 rings (SSSR count). The fourth-order valence-electron chi connectivity index (χ4n) is 2.74. The predicted octanol–water partition coefficient (Wildman–Crippen LogP) is 2.48. The van der Waals surface area contributed by atoms with Crippen LogP contribution in [0.2, 0.25) is 0 Å². The molecule has 1 saturated heterocycles. The first-order valence-corrected chi connectivity index (χ1v) is 7.68. The molecule has 1 aromatic carbocycles. The molecular formula is C17H28N2O. The van der Waals surface area contributed by atoms with Crippen molar-refractivity contribution in [1.29, 1.82) is 0 Å². The minimum Gasteiger partial charge on any atom is -0.387 e. The maximum atomic E-state index is 10.4. The van der Waals surface area contributed by atoms with E-state index in [9.17, 15) is 5.11 Å². The summed E-state index contributed by atoms with van der Waals surface area (Å²) in [5, 5.41) is 10.4. The highest BCUT2D eigenvalue weighted by Gasteiger charge is 2.22. The summed E-state index contributed by atoms with van der Waals surface area (Å²) in [6.07, 6.45) is -0.383. The summed E-state index contributed by atoms with van der Waals surface area (Å²) in [6.45, 7) is 10.5. The van der Waals surface area contributed by atoms with Crippen molar-refractivity contribution in [3.63, 3.8) is 0 Å². The van der Waals surface area contributed by atoms with Crippen LogP contribution in [-0.4, -0.2) is 54.2 Å². The van der Waals surface area contributed by atoms with Gasteiger partial charge in [0.2, 0.25) is 0 Å². The molecule has 0 aliphatic carbocycles. The van der Waals surface area contributed by atoms with E-state index in [-0.39, 0.29) is 6.10 Å². The van der Waals surface area contributed by atoms with Gasteiger partial charge in [-0.05, 0) is 31.0 Å². The third-order valence-electron chi connectivity index (χ3n) is 4.46. The molecule has 0 amide bonds. The molecule has 2 unspecified atom stereocenters. The van der Waals surface area contributed by atoms with E-state index in [1.807, 2.05) is 0 Å². The molecule has 1 aliphatic rings. The second kappa shape index (κ2) is 6.70. The molecule has 20 heavy (non-hydrogen) atoms. The molecule has 0 bridgehead atoms. The monoisotopic (exact) mass is 276 g/mol. The van der Waals surface area contributed by atoms with Crippen LogP contribution in [0.25, 0.3) is 0 Å². The zero-order valence-electron chi connectivity index (χ0n) is 13.2. The van der Waals surface area contributed by atoms with Crippen molar-refractivity contribution in [2.24, 2.45) is 0 Å². The quantitative estimate of drug-likeness (QED) is 0.915. The summed E-state index contributed by atoms with van der Waals surface area (Å²) in [4.78, 5) is 4.74. The van der Waals surface area contributed by atoms with Gasteiger partial charge in [-0.25, -0.2) is 0 Å². The third-order valence-corrected chi connectivity index (χ3v) is 4.46. The van der Waals surface area contributed by atoms with Crippen LogP contribution in [0.5, 0.6) is 0 Å². The lowest BCUT2D eigenvalue weighted by molar-refractivity contribution is 0.0568. The number of β-amino-alcohol motifs (C(OH)–C–C–N with tert-alkyl or cyclic N) is 1. The topological polar surface area (TPSA) is 26.7 Å². The molecule has 0 aromatic heterocycles. The lowest BCUT2D eigenvalue weighted by Crippen LogP contribution is -2.50. The number of likely N-dealkylation sites (N-methyl/N-ethyl adjacent to an activating group) is 1. The zero-order chi connectivity index (χ0) is 14.7. The standard InChI is InChI=1S/C17H28N2O/c1-13(2)15-5-7-16(8-6-15)17(20)12-19-10-9-18(4)14(3)11-19/h5-8,13-14,17,20H,9-12H2,1-4H3. The molecule has 1 aliphatic heterocycles. The van der Waals surface area contributed by atoms with Crippen molar-refractivity contribution >= 4 is 0 Å². The minimum atomic E-state index is -0.383. The highest BCUT2D eigenvalue weighted by atomic mass is 16.3. The van der Waals surface area contributed by atoms with Crippen molar-refractivity contribution in [2.75, 3.05) is 33.2 Å². The van der Waals surface area contributed by atoms with Crippen molar-refractivity contribution < 1.29 is 5.11 Å². The Kier molecular flexibility index (Phi) is 5.19. The summed E-state index contributed by atoms with van der Waals surface area (Å²) in [6, 6.07) is 8.98. The molecule has 0 spiro atoms. The van der Waals surface area contributed by atoms with Gasteiger partial charge in [-0.3, -0.25) is 4.90 Å². The number of hydrogen-bond acceptors (Lipinski definition) is 3. The van der Waals surface area contributed by atoms with E-state index in [1.165, 1.54) is 5.56 Å². The third kappa shape index (κ3) is 3.81. The number of hydrogen-bond donors (Lipinski definition) is 1. The van der Waals surface area contributed by atoms with Crippen LogP contribution in [0.4, 0.5) is 0 Å². The smallest absolute Gasteiger partial charge is 0.0916 e. The summed E-state index contributed by atoms with van der Waals surface area (Å²) in [7, 11) is 2.17. The normalized spacial score (nSPS) is 23.2. The van der Waals surface area contributed by atoms with Crippen LogP contribution < -0.4 is 0 Å². The molecule has 1 fully saturated rings. The van der Waals surface area contributed by atoms with Gasteiger partial charge < -0.3 is 10.0 Å². The maximum Gasteiger partial charge on any atom is 0.0916 e. The average molecular weight is 276 g/mol. The van der Waals surface area contributed by atoms with E-state index in [1.54, 1.807) is 0 Å². The molecule has 0 radical (unpaired) electrons. The summed E-state index contributed by atoms with van der Waals surface area (Å²) in [5.74, 6) is 0.541.